The van der Waals surface area contributed by atoms with Crippen LogP contribution in [0.5, 0.6) is 0 Å². The lowest BCUT2D eigenvalue weighted by molar-refractivity contribution is 0.563. The molecule has 17 heavy (non-hydrogen) atoms. The molecular formula is C13H18FNOS. The van der Waals surface area contributed by atoms with Gasteiger partial charge in [0.25, 0.3) is 0 Å². The largest absolute Gasteiger partial charge is 0.327 e. The molecule has 3 atom stereocenters. The fraction of sp³-hybridized carbons (Fsp3) is 0.538. The second kappa shape index (κ2) is 5.74. The maximum absolute atomic E-state index is 13.6. The van der Waals surface area contributed by atoms with Crippen LogP contribution in [0.3, 0.4) is 0 Å². The molecule has 1 aliphatic carbocycles. The Labute approximate surface area is 104 Å². The smallest absolute Gasteiger partial charge is 0.139 e. The number of nitrogens with two attached hydrogens (primary N) is 1. The van der Waals surface area contributed by atoms with Crippen LogP contribution in [0.15, 0.2) is 29.2 Å². The van der Waals surface area contributed by atoms with Gasteiger partial charge in [0.15, 0.2) is 0 Å². The van der Waals surface area contributed by atoms with E-state index in [1.54, 1.807) is 18.2 Å². The van der Waals surface area contributed by atoms with Gasteiger partial charge in [0.1, 0.15) is 5.82 Å². The highest BCUT2D eigenvalue weighted by atomic mass is 32.2. The van der Waals surface area contributed by atoms with Crippen LogP contribution in [-0.2, 0) is 10.8 Å². The highest BCUT2D eigenvalue weighted by molar-refractivity contribution is 7.85. The molecule has 0 heterocycles. The first-order valence-corrected chi connectivity index (χ1v) is 7.32. The van der Waals surface area contributed by atoms with Crippen molar-refractivity contribution in [2.45, 2.75) is 48.3 Å². The Morgan fingerprint density at radius 3 is 2.65 bits per heavy atom. The van der Waals surface area contributed by atoms with Crippen molar-refractivity contribution in [2.75, 3.05) is 0 Å². The molecule has 1 aromatic carbocycles. The van der Waals surface area contributed by atoms with Gasteiger partial charge in [0.2, 0.25) is 0 Å². The first-order chi connectivity index (χ1) is 8.20. The van der Waals surface area contributed by atoms with Gasteiger partial charge in [-0.15, -0.1) is 0 Å². The topological polar surface area (TPSA) is 43.1 Å². The second-order valence-electron chi connectivity index (χ2n) is 4.57. The van der Waals surface area contributed by atoms with E-state index in [-0.39, 0.29) is 17.1 Å². The number of halogens is 1. The highest BCUT2D eigenvalue weighted by Crippen LogP contribution is 2.25. The van der Waals surface area contributed by atoms with E-state index in [2.05, 4.69) is 0 Å². The molecule has 0 saturated heterocycles. The molecule has 94 valence electrons. The predicted molar refractivity (Wildman–Crippen MR) is 67.7 cm³/mol. The molecule has 1 aromatic rings. The van der Waals surface area contributed by atoms with Gasteiger partial charge >= 0.3 is 0 Å². The maximum atomic E-state index is 13.6. The predicted octanol–water partition coefficient (Wildman–Crippen LogP) is 2.59. The van der Waals surface area contributed by atoms with E-state index < -0.39 is 10.8 Å². The Hall–Kier alpha value is -0.740. The zero-order valence-corrected chi connectivity index (χ0v) is 10.6. The molecule has 0 amide bonds. The summed E-state index contributed by atoms with van der Waals surface area (Å²) in [5.74, 6) is -0.387. The fourth-order valence-electron chi connectivity index (χ4n) is 2.34. The SMILES string of the molecule is NC1CCCCCC1S(=O)c1ccccc1F. The molecule has 2 nitrogen and oxygen atoms in total. The van der Waals surface area contributed by atoms with Gasteiger partial charge in [-0.25, -0.2) is 4.39 Å². The van der Waals surface area contributed by atoms with Crippen molar-refractivity contribution in [3.63, 3.8) is 0 Å². The van der Waals surface area contributed by atoms with E-state index in [4.69, 9.17) is 5.73 Å². The van der Waals surface area contributed by atoms with E-state index in [1.165, 1.54) is 6.07 Å². The quantitative estimate of drug-likeness (QED) is 0.825. The lowest BCUT2D eigenvalue weighted by Gasteiger charge is -2.20. The number of hydrogen-bond donors (Lipinski definition) is 1. The Balaban J connectivity index is 2.21. The van der Waals surface area contributed by atoms with E-state index >= 15 is 0 Å². The standard InChI is InChI=1S/C13H18FNOS/c14-10-6-4-5-8-12(10)17(16)13-9-3-1-2-7-11(13)15/h4-6,8,11,13H,1-3,7,9,15H2. The van der Waals surface area contributed by atoms with Crippen molar-refractivity contribution in [3.05, 3.63) is 30.1 Å². The minimum atomic E-state index is -1.32. The minimum Gasteiger partial charge on any atom is -0.327 e. The molecule has 0 aliphatic heterocycles. The Morgan fingerprint density at radius 1 is 1.18 bits per heavy atom. The van der Waals surface area contributed by atoms with Crippen molar-refractivity contribution in [1.82, 2.24) is 0 Å². The molecule has 0 radical (unpaired) electrons. The van der Waals surface area contributed by atoms with Crippen LogP contribution < -0.4 is 5.73 Å². The first kappa shape index (κ1) is 12.7. The average Bonchev–Trinajstić information content (AvgIpc) is 2.54. The van der Waals surface area contributed by atoms with Gasteiger partial charge in [-0.3, -0.25) is 4.21 Å². The number of benzene rings is 1. The molecule has 0 aromatic heterocycles. The molecule has 1 aliphatic rings. The maximum Gasteiger partial charge on any atom is 0.139 e. The third-order valence-electron chi connectivity index (χ3n) is 3.33. The van der Waals surface area contributed by atoms with Gasteiger partial charge in [0, 0.05) is 6.04 Å². The van der Waals surface area contributed by atoms with Crippen LogP contribution >= 0.6 is 0 Å². The third-order valence-corrected chi connectivity index (χ3v) is 5.23. The van der Waals surface area contributed by atoms with Crippen molar-refractivity contribution in [1.29, 1.82) is 0 Å². The van der Waals surface area contributed by atoms with Crippen LogP contribution in [-0.4, -0.2) is 15.5 Å². The molecule has 1 saturated carbocycles. The Kier molecular flexibility index (Phi) is 4.29. The van der Waals surface area contributed by atoms with Crippen LogP contribution in [0.2, 0.25) is 0 Å². The molecule has 4 heteroatoms. The minimum absolute atomic E-state index is 0.0714. The fourth-order valence-corrected chi connectivity index (χ4v) is 3.97. The van der Waals surface area contributed by atoms with Gasteiger partial charge in [-0.05, 0) is 25.0 Å². The van der Waals surface area contributed by atoms with Gasteiger partial charge in [-0.2, -0.15) is 0 Å². The Bertz CT molecular complexity index is 410. The van der Waals surface area contributed by atoms with Gasteiger partial charge in [0.05, 0.1) is 20.9 Å². The summed E-state index contributed by atoms with van der Waals surface area (Å²) in [4.78, 5) is 0.301. The molecule has 3 unspecified atom stereocenters. The summed E-state index contributed by atoms with van der Waals surface area (Å²) in [5.41, 5.74) is 6.05. The van der Waals surface area contributed by atoms with E-state index in [0.717, 1.165) is 32.1 Å². The van der Waals surface area contributed by atoms with Gasteiger partial charge < -0.3 is 5.73 Å². The molecule has 0 spiro atoms. The molecular weight excluding hydrogens is 237 g/mol. The summed E-state index contributed by atoms with van der Waals surface area (Å²) in [6, 6.07) is 6.22. The zero-order chi connectivity index (χ0) is 12.3. The summed E-state index contributed by atoms with van der Waals surface area (Å²) in [7, 11) is -1.32. The summed E-state index contributed by atoms with van der Waals surface area (Å²) < 4.78 is 26.0. The van der Waals surface area contributed by atoms with Crippen molar-refractivity contribution in [3.8, 4) is 0 Å². The van der Waals surface area contributed by atoms with E-state index in [1.807, 2.05) is 0 Å². The lowest BCUT2D eigenvalue weighted by atomic mass is 10.1. The van der Waals surface area contributed by atoms with Gasteiger partial charge in [-0.1, -0.05) is 31.4 Å². The zero-order valence-electron chi connectivity index (χ0n) is 9.77. The summed E-state index contributed by atoms with van der Waals surface area (Å²) in [5, 5.41) is -0.102. The lowest BCUT2D eigenvalue weighted by Crippen LogP contribution is -2.37. The van der Waals surface area contributed by atoms with Crippen LogP contribution in [0.1, 0.15) is 32.1 Å². The molecule has 2 N–H and O–H groups in total. The van der Waals surface area contributed by atoms with Crippen molar-refractivity contribution < 1.29 is 8.60 Å². The molecule has 0 bridgehead atoms. The average molecular weight is 255 g/mol. The normalized spacial score (nSPS) is 27.4. The summed E-state index contributed by atoms with van der Waals surface area (Å²) >= 11 is 0. The Morgan fingerprint density at radius 2 is 1.88 bits per heavy atom. The van der Waals surface area contributed by atoms with Crippen LogP contribution in [0.25, 0.3) is 0 Å². The summed E-state index contributed by atoms with van der Waals surface area (Å²) in [6.07, 6.45) is 5.00. The molecule has 2 rings (SSSR count). The van der Waals surface area contributed by atoms with Crippen LogP contribution in [0, 0.1) is 5.82 Å². The number of rotatable bonds is 2. The first-order valence-electron chi connectivity index (χ1n) is 6.11. The van der Waals surface area contributed by atoms with Crippen molar-refractivity contribution in [2.24, 2.45) is 5.73 Å². The van der Waals surface area contributed by atoms with Crippen molar-refractivity contribution >= 4 is 10.8 Å². The number of hydrogen-bond acceptors (Lipinski definition) is 2. The highest BCUT2D eigenvalue weighted by Gasteiger charge is 2.28. The monoisotopic (exact) mass is 255 g/mol. The van der Waals surface area contributed by atoms with E-state index in [0.29, 0.717) is 4.90 Å². The summed E-state index contributed by atoms with van der Waals surface area (Å²) in [6.45, 7) is 0. The second-order valence-corrected chi connectivity index (χ2v) is 6.21. The van der Waals surface area contributed by atoms with Crippen LogP contribution in [0.4, 0.5) is 4.39 Å². The van der Waals surface area contributed by atoms with E-state index in [9.17, 15) is 8.60 Å². The third kappa shape index (κ3) is 2.93. The molecule has 1 fully saturated rings.